The Balaban J connectivity index is 4.26. The second-order valence-electron chi connectivity index (χ2n) is 5.62. The van der Waals surface area contributed by atoms with Crippen molar-refractivity contribution in [3.05, 3.63) is 0 Å². The Morgan fingerprint density at radius 2 is 1.65 bits per heavy atom. The first kappa shape index (κ1) is 21.7. The maximum atomic E-state index is 11.6. The molecule has 0 saturated heterocycles. The molecule has 0 saturated carbocycles. The number of carbonyl (C=O) groups excluding carboxylic acids is 2. The molecule has 0 spiro atoms. The molecular weight excluding hydrogens is 308 g/mol. The van der Waals surface area contributed by atoms with Gasteiger partial charge in [0.1, 0.15) is 12.8 Å². The van der Waals surface area contributed by atoms with E-state index in [9.17, 15) is 14.7 Å². The average Bonchev–Trinajstić information content (AvgIpc) is 2.50. The fourth-order valence-corrected chi connectivity index (χ4v) is 1.51. The summed E-state index contributed by atoms with van der Waals surface area (Å²) in [5, 5.41) is 27.8. The van der Waals surface area contributed by atoms with E-state index < -0.39 is 31.2 Å². The van der Waals surface area contributed by atoms with E-state index in [1.807, 2.05) is 0 Å². The number of ether oxygens (including phenoxy) is 2. The molecule has 23 heavy (non-hydrogen) atoms. The molecule has 0 aromatic carbocycles. The highest BCUT2D eigenvalue weighted by Crippen LogP contribution is 2.11. The number of hydrogen-bond donors (Lipinski definition) is 3. The number of esters is 1. The molecule has 0 unspecified atom stereocenters. The summed E-state index contributed by atoms with van der Waals surface area (Å²) in [6, 6.07) is 0. The minimum atomic E-state index is -2.11. The van der Waals surface area contributed by atoms with Gasteiger partial charge in [-0.3, -0.25) is 14.5 Å². The molecule has 0 bridgehead atoms. The van der Waals surface area contributed by atoms with Crippen molar-refractivity contribution in [3.63, 3.8) is 0 Å². The normalized spacial score (nSPS) is 13.0. The van der Waals surface area contributed by atoms with Gasteiger partial charge in [0.05, 0.1) is 13.2 Å². The summed E-state index contributed by atoms with van der Waals surface area (Å²) in [4.78, 5) is 26.0. The third-order valence-corrected chi connectivity index (χ3v) is 3.08. The van der Waals surface area contributed by atoms with Crippen LogP contribution in [0.1, 0.15) is 19.3 Å². The highest BCUT2D eigenvalue weighted by molar-refractivity contribution is 5.76. The lowest BCUT2D eigenvalue weighted by Crippen LogP contribution is -2.49. The minimum absolute atomic E-state index is 0.0664. The molecule has 0 radical (unpaired) electrons. The summed E-state index contributed by atoms with van der Waals surface area (Å²) in [5.41, 5.74) is 0. The highest BCUT2D eigenvalue weighted by atomic mass is 16.7. The Hall–Kier alpha value is -1.26. The Kier molecular flexibility index (Phi) is 9.93. The predicted molar refractivity (Wildman–Crippen MR) is 81.2 cm³/mol. The van der Waals surface area contributed by atoms with Gasteiger partial charge in [-0.15, -0.1) is 0 Å². The van der Waals surface area contributed by atoms with Crippen LogP contribution in [0.25, 0.3) is 0 Å². The zero-order valence-corrected chi connectivity index (χ0v) is 14.2. The Bertz CT molecular complexity index is 370. The van der Waals surface area contributed by atoms with Crippen molar-refractivity contribution in [2.24, 2.45) is 0 Å². The van der Waals surface area contributed by atoms with Gasteiger partial charge in [-0.2, -0.15) is 0 Å². The van der Waals surface area contributed by atoms with Crippen LogP contribution >= 0.6 is 0 Å². The summed E-state index contributed by atoms with van der Waals surface area (Å²) in [7, 11) is 6.54. The molecule has 3 N–H and O–H groups in total. The number of aliphatic hydroxyl groups is 3. The molecule has 0 aromatic heterocycles. The van der Waals surface area contributed by atoms with E-state index in [-0.39, 0.29) is 25.4 Å². The van der Waals surface area contributed by atoms with E-state index in [0.29, 0.717) is 6.42 Å². The SMILES string of the molecule is CN(C)C(=O)CCCC(=O)OC[C@H](OC(O)(CO)CO)N(C)C. The molecule has 0 aliphatic rings. The monoisotopic (exact) mass is 336 g/mol. The van der Waals surface area contributed by atoms with E-state index in [1.165, 1.54) is 9.80 Å². The average molecular weight is 336 g/mol. The van der Waals surface area contributed by atoms with Crippen molar-refractivity contribution < 1.29 is 34.4 Å². The molecule has 9 nitrogen and oxygen atoms in total. The molecule has 0 aliphatic carbocycles. The quantitative estimate of drug-likeness (QED) is 0.304. The van der Waals surface area contributed by atoms with Crippen LogP contribution in [-0.4, -0.2) is 97.0 Å². The number of nitrogens with zero attached hydrogens (tertiary/aromatic N) is 2. The Morgan fingerprint density at radius 1 is 1.09 bits per heavy atom. The molecule has 1 atom stereocenters. The zero-order chi connectivity index (χ0) is 18.0. The standard InChI is InChI=1S/C14H28N2O7/c1-15(2)11(19)6-5-7-13(20)22-8-12(16(3)4)23-14(21,9-17)10-18/h12,17-18,21H,5-10H2,1-4H3/t12-/m0/s1. The Labute approximate surface area is 136 Å². The molecule has 0 aliphatic heterocycles. The van der Waals surface area contributed by atoms with E-state index in [2.05, 4.69) is 0 Å². The second kappa shape index (κ2) is 10.5. The van der Waals surface area contributed by atoms with Crippen molar-refractivity contribution in [2.45, 2.75) is 31.3 Å². The lowest BCUT2D eigenvalue weighted by atomic mass is 10.2. The number of carbonyl (C=O) groups is 2. The number of rotatable bonds is 11. The van der Waals surface area contributed by atoms with Gasteiger partial charge in [-0.1, -0.05) is 0 Å². The van der Waals surface area contributed by atoms with Gasteiger partial charge in [-0.25, -0.2) is 0 Å². The zero-order valence-electron chi connectivity index (χ0n) is 14.2. The first-order valence-electron chi connectivity index (χ1n) is 7.29. The maximum absolute atomic E-state index is 11.6. The van der Waals surface area contributed by atoms with Crippen LogP contribution in [0.15, 0.2) is 0 Å². The van der Waals surface area contributed by atoms with Crippen LogP contribution in [0.2, 0.25) is 0 Å². The van der Waals surface area contributed by atoms with Gasteiger partial charge in [0.2, 0.25) is 11.7 Å². The van der Waals surface area contributed by atoms with Crippen LogP contribution in [0.4, 0.5) is 0 Å². The molecule has 0 rings (SSSR count). The smallest absolute Gasteiger partial charge is 0.305 e. The lowest BCUT2D eigenvalue weighted by molar-refractivity contribution is -0.289. The van der Waals surface area contributed by atoms with Crippen molar-refractivity contribution in [3.8, 4) is 0 Å². The van der Waals surface area contributed by atoms with Crippen molar-refractivity contribution in [2.75, 3.05) is 48.0 Å². The molecule has 9 heteroatoms. The molecule has 136 valence electrons. The molecule has 0 fully saturated rings. The fourth-order valence-electron chi connectivity index (χ4n) is 1.51. The van der Waals surface area contributed by atoms with Gasteiger partial charge < -0.3 is 29.7 Å². The summed E-state index contributed by atoms with van der Waals surface area (Å²) in [6.45, 7) is -1.78. The van der Waals surface area contributed by atoms with Crippen LogP contribution < -0.4 is 0 Å². The second-order valence-corrected chi connectivity index (χ2v) is 5.62. The van der Waals surface area contributed by atoms with Crippen molar-refractivity contribution >= 4 is 11.9 Å². The van der Waals surface area contributed by atoms with E-state index in [0.717, 1.165) is 0 Å². The molecular formula is C14H28N2O7. The number of likely N-dealkylation sites (N-methyl/N-ethyl adjacent to an activating group) is 1. The third-order valence-electron chi connectivity index (χ3n) is 3.08. The first-order chi connectivity index (χ1) is 10.6. The predicted octanol–water partition coefficient (Wildman–Crippen LogP) is -1.63. The summed E-state index contributed by atoms with van der Waals surface area (Å²) < 4.78 is 10.2. The number of aliphatic hydroxyl groups excluding tert-OH is 2. The Morgan fingerprint density at radius 3 is 2.09 bits per heavy atom. The lowest BCUT2D eigenvalue weighted by Gasteiger charge is -2.32. The minimum Gasteiger partial charge on any atom is -0.461 e. The fraction of sp³-hybridized carbons (Fsp3) is 0.857. The topological polar surface area (TPSA) is 120 Å². The first-order valence-corrected chi connectivity index (χ1v) is 7.29. The van der Waals surface area contributed by atoms with Gasteiger partial charge in [0.25, 0.3) is 0 Å². The maximum Gasteiger partial charge on any atom is 0.305 e. The van der Waals surface area contributed by atoms with Crippen molar-refractivity contribution in [1.82, 2.24) is 9.80 Å². The highest BCUT2D eigenvalue weighted by Gasteiger charge is 2.31. The summed E-state index contributed by atoms with van der Waals surface area (Å²) in [5.74, 6) is -2.67. The van der Waals surface area contributed by atoms with Gasteiger partial charge >= 0.3 is 5.97 Å². The van der Waals surface area contributed by atoms with Crippen molar-refractivity contribution in [1.29, 1.82) is 0 Å². The van der Waals surface area contributed by atoms with Crippen LogP contribution in [0.5, 0.6) is 0 Å². The molecule has 0 aromatic rings. The van der Waals surface area contributed by atoms with Gasteiger partial charge in [-0.05, 0) is 20.5 Å². The van der Waals surface area contributed by atoms with E-state index >= 15 is 0 Å². The number of hydrogen-bond acceptors (Lipinski definition) is 8. The largest absolute Gasteiger partial charge is 0.461 e. The third kappa shape index (κ3) is 8.82. The molecule has 0 heterocycles. The summed E-state index contributed by atoms with van der Waals surface area (Å²) in [6.07, 6.45) is -0.124. The number of amides is 1. The van der Waals surface area contributed by atoms with Crippen LogP contribution in [0, 0.1) is 0 Å². The van der Waals surface area contributed by atoms with Crippen LogP contribution in [-0.2, 0) is 19.1 Å². The van der Waals surface area contributed by atoms with Crippen LogP contribution in [0.3, 0.4) is 0 Å². The van der Waals surface area contributed by atoms with Gasteiger partial charge in [0, 0.05) is 26.9 Å². The van der Waals surface area contributed by atoms with E-state index in [1.54, 1.807) is 28.2 Å². The van der Waals surface area contributed by atoms with Gasteiger partial charge in [0.15, 0.2) is 0 Å². The molecule has 1 amide bonds. The summed E-state index contributed by atoms with van der Waals surface area (Å²) >= 11 is 0. The van der Waals surface area contributed by atoms with E-state index in [4.69, 9.17) is 19.7 Å².